The number of benzene rings is 2. The van der Waals surface area contributed by atoms with Gasteiger partial charge in [0.25, 0.3) is 5.91 Å². The monoisotopic (exact) mass is 450 g/mol. The number of hydrogen-bond donors (Lipinski definition) is 1. The maximum Gasteiger partial charge on any atom is 0.262 e. The lowest BCUT2D eigenvalue weighted by Gasteiger charge is -2.20. The van der Waals surface area contributed by atoms with Crippen molar-refractivity contribution < 1.29 is 31.1 Å². The van der Waals surface area contributed by atoms with E-state index in [0.29, 0.717) is 6.07 Å². The van der Waals surface area contributed by atoms with E-state index in [1.807, 2.05) is 5.32 Å². The zero-order chi connectivity index (χ0) is 21.8. The van der Waals surface area contributed by atoms with Crippen LogP contribution in [0, 0.1) is 17.5 Å². The lowest BCUT2D eigenvalue weighted by Crippen LogP contribution is -2.31. The topological polar surface area (TPSA) is 75.7 Å². The smallest absolute Gasteiger partial charge is 0.262 e. The summed E-state index contributed by atoms with van der Waals surface area (Å²) in [6.45, 7) is 3.04. The Bertz CT molecular complexity index is 1010. The lowest BCUT2D eigenvalue weighted by atomic mass is 10.3. The predicted octanol–water partition coefficient (Wildman–Crippen LogP) is 3.81. The van der Waals surface area contributed by atoms with E-state index in [9.17, 15) is 26.4 Å². The number of halogens is 4. The van der Waals surface area contributed by atoms with Gasteiger partial charge in [-0.05, 0) is 30.3 Å². The van der Waals surface area contributed by atoms with E-state index in [1.165, 1.54) is 22.5 Å². The summed E-state index contributed by atoms with van der Waals surface area (Å²) in [5, 5.41) is 2.18. The van der Waals surface area contributed by atoms with E-state index in [4.69, 9.17) is 16.3 Å². The molecule has 0 unspecified atom stereocenters. The van der Waals surface area contributed by atoms with Crippen LogP contribution in [0.25, 0.3) is 0 Å². The van der Waals surface area contributed by atoms with Gasteiger partial charge in [-0.3, -0.25) is 4.79 Å². The van der Waals surface area contributed by atoms with Crippen LogP contribution in [0.4, 0.5) is 18.9 Å². The minimum absolute atomic E-state index is 0.137. The second kappa shape index (κ2) is 9.47. The van der Waals surface area contributed by atoms with Gasteiger partial charge in [-0.1, -0.05) is 25.4 Å². The first-order chi connectivity index (χ1) is 13.6. The Labute approximate surface area is 171 Å². The van der Waals surface area contributed by atoms with Gasteiger partial charge in [0.15, 0.2) is 24.1 Å². The molecule has 0 aliphatic rings. The third-order valence-electron chi connectivity index (χ3n) is 3.90. The van der Waals surface area contributed by atoms with Crippen LogP contribution in [0.15, 0.2) is 35.2 Å². The second-order valence-electron chi connectivity index (χ2n) is 5.74. The van der Waals surface area contributed by atoms with Crippen LogP contribution in [0.1, 0.15) is 13.8 Å². The zero-order valence-corrected chi connectivity index (χ0v) is 17.1. The normalized spacial score (nSPS) is 11.6. The van der Waals surface area contributed by atoms with Crippen LogP contribution in [-0.4, -0.2) is 38.3 Å². The first-order valence-electron chi connectivity index (χ1n) is 8.47. The zero-order valence-electron chi connectivity index (χ0n) is 15.5. The molecule has 0 saturated carbocycles. The summed E-state index contributed by atoms with van der Waals surface area (Å²) in [7, 11) is -3.94. The highest BCUT2D eigenvalue weighted by atomic mass is 35.5. The maximum atomic E-state index is 13.6. The van der Waals surface area contributed by atoms with Gasteiger partial charge in [-0.15, -0.1) is 0 Å². The highest BCUT2D eigenvalue weighted by molar-refractivity contribution is 7.89. The Hall–Kier alpha value is -2.30. The van der Waals surface area contributed by atoms with E-state index in [-0.39, 0.29) is 28.8 Å². The van der Waals surface area contributed by atoms with Gasteiger partial charge in [0.2, 0.25) is 10.0 Å². The minimum atomic E-state index is -3.94. The summed E-state index contributed by atoms with van der Waals surface area (Å²) in [5.41, 5.74) is -0.579. The number of carbonyl (C=O) groups excluding carboxylic acids is 1. The van der Waals surface area contributed by atoms with Crippen molar-refractivity contribution in [2.45, 2.75) is 18.7 Å². The standard InChI is InChI=1S/C18H18ClF3N2O4S/c1-3-24(4-2)29(26,27)15-9-11(19)5-8-14(15)28-10-16(25)23-13-7-6-12(20)17(21)18(13)22/h5-9H,3-4,10H2,1-2H3,(H,23,25). The molecule has 0 spiro atoms. The van der Waals surface area contributed by atoms with Crippen molar-refractivity contribution in [2.75, 3.05) is 25.0 Å². The molecule has 0 bridgehead atoms. The Kier molecular flexibility index (Phi) is 7.50. The average molecular weight is 451 g/mol. The van der Waals surface area contributed by atoms with E-state index in [2.05, 4.69) is 0 Å². The van der Waals surface area contributed by atoms with Crippen LogP contribution in [0.3, 0.4) is 0 Å². The first kappa shape index (κ1) is 23.0. The predicted molar refractivity (Wildman–Crippen MR) is 102 cm³/mol. The fraction of sp³-hybridized carbons (Fsp3) is 0.278. The minimum Gasteiger partial charge on any atom is -0.482 e. The van der Waals surface area contributed by atoms with Gasteiger partial charge in [-0.2, -0.15) is 4.31 Å². The Morgan fingerprint density at radius 2 is 1.76 bits per heavy atom. The van der Waals surface area contributed by atoms with Crippen LogP contribution in [-0.2, 0) is 14.8 Å². The molecule has 1 N–H and O–H groups in total. The number of amides is 1. The van der Waals surface area contributed by atoms with Crippen molar-refractivity contribution in [2.24, 2.45) is 0 Å². The van der Waals surface area contributed by atoms with Crippen molar-refractivity contribution in [3.05, 3.63) is 52.8 Å². The molecule has 2 rings (SSSR count). The summed E-state index contributed by atoms with van der Waals surface area (Å²) in [6.07, 6.45) is 0. The molecule has 11 heteroatoms. The van der Waals surface area contributed by atoms with Crippen LogP contribution < -0.4 is 10.1 Å². The molecule has 29 heavy (non-hydrogen) atoms. The molecule has 0 fully saturated rings. The Balaban J connectivity index is 2.21. The number of rotatable bonds is 8. The highest BCUT2D eigenvalue weighted by Gasteiger charge is 2.26. The number of nitrogens with zero attached hydrogens (tertiary/aromatic N) is 1. The SMILES string of the molecule is CCN(CC)S(=O)(=O)c1cc(Cl)ccc1OCC(=O)Nc1ccc(F)c(F)c1F. The van der Waals surface area contributed by atoms with Gasteiger partial charge in [-0.25, -0.2) is 21.6 Å². The molecule has 0 aromatic heterocycles. The van der Waals surface area contributed by atoms with Crippen molar-refractivity contribution in [3.8, 4) is 5.75 Å². The van der Waals surface area contributed by atoms with E-state index in [1.54, 1.807) is 13.8 Å². The second-order valence-corrected chi connectivity index (χ2v) is 8.08. The Morgan fingerprint density at radius 3 is 2.38 bits per heavy atom. The molecular formula is C18H18ClF3N2O4S. The van der Waals surface area contributed by atoms with Gasteiger partial charge in [0, 0.05) is 18.1 Å². The summed E-state index contributed by atoms with van der Waals surface area (Å²) in [5.74, 6) is -5.73. The third kappa shape index (κ3) is 5.20. The summed E-state index contributed by atoms with van der Waals surface area (Å²) in [6, 6.07) is 5.36. The molecule has 0 saturated heterocycles. The van der Waals surface area contributed by atoms with Crippen LogP contribution in [0.2, 0.25) is 5.02 Å². The van der Waals surface area contributed by atoms with Crippen molar-refractivity contribution in [1.82, 2.24) is 4.31 Å². The molecule has 0 aliphatic carbocycles. The highest BCUT2D eigenvalue weighted by Crippen LogP contribution is 2.30. The average Bonchev–Trinajstić information content (AvgIpc) is 2.68. The molecule has 0 aliphatic heterocycles. The van der Waals surface area contributed by atoms with Crippen molar-refractivity contribution in [3.63, 3.8) is 0 Å². The lowest BCUT2D eigenvalue weighted by molar-refractivity contribution is -0.118. The summed E-state index contributed by atoms with van der Waals surface area (Å²) >= 11 is 5.90. The molecule has 0 radical (unpaired) electrons. The maximum absolute atomic E-state index is 13.6. The molecular weight excluding hydrogens is 433 g/mol. The molecule has 1 amide bonds. The third-order valence-corrected chi connectivity index (χ3v) is 6.20. The van der Waals surface area contributed by atoms with Gasteiger partial charge in [0.05, 0.1) is 5.69 Å². The van der Waals surface area contributed by atoms with E-state index < -0.39 is 45.7 Å². The number of sulfonamides is 1. The summed E-state index contributed by atoms with van der Waals surface area (Å²) in [4.78, 5) is 11.8. The quantitative estimate of drug-likeness (QED) is 0.621. The summed E-state index contributed by atoms with van der Waals surface area (Å²) < 4.78 is 71.9. The van der Waals surface area contributed by atoms with Gasteiger partial charge < -0.3 is 10.1 Å². The number of ether oxygens (including phenoxy) is 1. The number of anilines is 1. The molecule has 0 heterocycles. The largest absolute Gasteiger partial charge is 0.482 e. The molecule has 158 valence electrons. The fourth-order valence-electron chi connectivity index (χ4n) is 2.46. The van der Waals surface area contributed by atoms with Gasteiger partial charge in [0.1, 0.15) is 10.6 Å². The first-order valence-corrected chi connectivity index (χ1v) is 10.3. The van der Waals surface area contributed by atoms with Crippen LogP contribution >= 0.6 is 11.6 Å². The van der Waals surface area contributed by atoms with E-state index >= 15 is 0 Å². The number of nitrogens with one attached hydrogen (secondary N) is 1. The molecule has 0 atom stereocenters. The number of carbonyl (C=O) groups is 1. The van der Waals surface area contributed by atoms with Crippen molar-refractivity contribution >= 4 is 33.2 Å². The Morgan fingerprint density at radius 1 is 1.10 bits per heavy atom. The molecule has 2 aromatic rings. The van der Waals surface area contributed by atoms with E-state index in [0.717, 1.165) is 6.07 Å². The number of hydrogen-bond acceptors (Lipinski definition) is 4. The molecule has 2 aromatic carbocycles. The fourth-order valence-corrected chi connectivity index (χ4v) is 4.31. The van der Waals surface area contributed by atoms with Crippen molar-refractivity contribution in [1.29, 1.82) is 0 Å². The van der Waals surface area contributed by atoms with Gasteiger partial charge >= 0.3 is 0 Å². The molecule has 6 nitrogen and oxygen atoms in total. The van der Waals surface area contributed by atoms with Crippen LogP contribution in [0.5, 0.6) is 5.75 Å².